The summed E-state index contributed by atoms with van der Waals surface area (Å²) in [5.74, 6) is 0.559. The van der Waals surface area contributed by atoms with Crippen LogP contribution in [0.3, 0.4) is 0 Å². The van der Waals surface area contributed by atoms with Crippen LogP contribution < -0.4 is 15.1 Å². The minimum atomic E-state index is -0.451. The van der Waals surface area contributed by atoms with Gasteiger partial charge in [0.05, 0.1) is 11.1 Å². The lowest BCUT2D eigenvalue weighted by Crippen LogP contribution is -2.77. The average Bonchev–Trinajstić information content (AvgIpc) is 3.44. The summed E-state index contributed by atoms with van der Waals surface area (Å²) in [6.07, 6.45) is 4.80. The van der Waals surface area contributed by atoms with Crippen molar-refractivity contribution in [1.29, 1.82) is 0 Å². The Morgan fingerprint density at radius 3 is 2.18 bits per heavy atom. The van der Waals surface area contributed by atoms with Crippen LogP contribution in [0.25, 0.3) is 0 Å². The van der Waals surface area contributed by atoms with Gasteiger partial charge in [0.25, 0.3) is 0 Å². The number of nitrogens with one attached hydrogen (secondary N) is 1. The summed E-state index contributed by atoms with van der Waals surface area (Å²) in [6.45, 7) is 16.1. The number of rotatable bonds is 0. The van der Waals surface area contributed by atoms with Crippen molar-refractivity contribution in [2.45, 2.75) is 109 Å². The number of fused-ring (bicyclic) bond motifs is 9. The monoisotopic (exact) mass is 511 g/mol. The molecule has 2 aromatic rings. The first-order valence-electron chi connectivity index (χ1n) is 14.6. The van der Waals surface area contributed by atoms with Crippen molar-refractivity contribution in [2.24, 2.45) is 17.3 Å². The summed E-state index contributed by atoms with van der Waals surface area (Å²) in [5, 5.41) is 3.43. The number of hydrogen-bond acceptors (Lipinski definition) is 4. The molecule has 5 aliphatic heterocycles. The van der Waals surface area contributed by atoms with Crippen molar-refractivity contribution in [3.05, 3.63) is 58.7 Å². The number of carbonyl (C=O) groups is 1. The number of benzene rings is 2. The first-order chi connectivity index (χ1) is 17.8. The molecule has 6 atom stereocenters. The van der Waals surface area contributed by atoms with E-state index in [1.54, 1.807) is 0 Å². The lowest BCUT2D eigenvalue weighted by atomic mass is 9.54. The predicted molar refractivity (Wildman–Crippen MR) is 150 cm³/mol. The van der Waals surface area contributed by atoms with Crippen LogP contribution in [-0.2, 0) is 22.4 Å². The molecule has 38 heavy (non-hydrogen) atoms. The first kappa shape index (κ1) is 23.4. The highest BCUT2D eigenvalue weighted by molar-refractivity contribution is 5.84. The van der Waals surface area contributed by atoms with Gasteiger partial charge in [0.2, 0.25) is 5.91 Å². The topological polar surface area (TPSA) is 44.8 Å². The van der Waals surface area contributed by atoms with Crippen molar-refractivity contribution >= 4 is 17.3 Å². The van der Waals surface area contributed by atoms with Crippen molar-refractivity contribution < 1.29 is 9.53 Å². The fourth-order valence-corrected chi connectivity index (χ4v) is 10.1. The zero-order valence-electron chi connectivity index (χ0n) is 23.9. The van der Waals surface area contributed by atoms with Crippen LogP contribution in [-0.4, -0.2) is 34.5 Å². The number of nitrogens with zero attached hydrogens (tertiary/aromatic N) is 2. The second-order valence-corrected chi connectivity index (χ2v) is 14.9. The van der Waals surface area contributed by atoms with Gasteiger partial charge in [-0.05, 0) is 76.6 Å². The van der Waals surface area contributed by atoms with Gasteiger partial charge in [-0.2, -0.15) is 0 Å². The van der Waals surface area contributed by atoms with E-state index in [1.165, 1.54) is 33.6 Å². The molecule has 5 heteroatoms. The fraction of sp³-hybridized carbons (Fsp3) is 0.606. The highest BCUT2D eigenvalue weighted by Gasteiger charge is 2.77. The summed E-state index contributed by atoms with van der Waals surface area (Å²) < 4.78 is 7.36. The summed E-state index contributed by atoms with van der Waals surface area (Å²) >= 11 is 0. The molecule has 2 spiro atoms. The van der Waals surface area contributed by atoms with E-state index in [1.807, 2.05) is 0 Å². The van der Waals surface area contributed by atoms with E-state index in [9.17, 15) is 4.79 Å². The van der Waals surface area contributed by atoms with Crippen molar-refractivity contribution in [2.75, 3.05) is 9.80 Å². The van der Waals surface area contributed by atoms with Gasteiger partial charge in [-0.1, -0.05) is 49.2 Å². The average molecular weight is 512 g/mol. The van der Waals surface area contributed by atoms with Crippen LogP contribution in [0.1, 0.15) is 76.1 Å². The molecule has 8 rings (SSSR count). The maximum Gasteiger partial charge on any atom is 0.223 e. The molecule has 6 unspecified atom stereocenters. The number of amides is 1. The Kier molecular flexibility index (Phi) is 4.06. The predicted octanol–water partition coefficient (Wildman–Crippen LogP) is 5.64. The molecule has 3 saturated heterocycles. The third kappa shape index (κ3) is 2.43. The molecule has 0 aromatic heterocycles. The third-order valence-electron chi connectivity index (χ3n) is 12.0. The number of carbonyl (C=O) groups excluding carboxylic acids is 1. The second-order valence-electron chi connectivity index (χ2n) is 14.9. The van der Waals surface area contributed by atoms with Gasteiger partial charge in [-0.15, -0.1) is 0 Å². The Labute approximate surface area is 226 Å². The van der Waals surface area contributed by atoms with Crippen LogP contribution in [0.15, 0.2) is 36.4 Å². The molecule has 1 aliphatic carbocycles. The van der Waals surface area contributed by atoms with Gasteiger partial charge in [0, 0.05) is 47.5 Å². The molecule has 1 N–H and O–H groups in total. The molecule has 6 aliphatic rings. The van der Waals surface area contributed by atoms with E-state index in [-0.39, 0.29) is 46.0 Å². The minimum Gasteiger partial charge on any atom is -0.351 e. The van der Waals surface area contributed by atoms with Gasteiger partial charge in [0.15, 0.2) is 0 Å². The fourth-order valence-electron chi connectivity index (χ4n) is 10.1. The van der Waals surface area contributed by atoms with Gasteiger partial charge < -0.3 is 19.9 Å². The van der Waals surface area contributed by atoms with E-state index in [2.05, 4.69) is 100.0 Å². The Balaban J connectivity index is 1.46. The molecule has 4 fully saturated rings. The summed E-state index contributed by atoms with van der Waals surface area (Å²) in [6, 6.07) is 14.1. The zero-order valence-corrected chi connectivity index (χ0v) is 23.9. The Bertz CT molecular complexity index is 1430. The highest BCUT2D eigenvalue weighted by atomic mass is 16.6. The first-order valence-corrected chi connectivity index (χ1v) is 14.6. The van der Waals surface area contributed by atoms with Gasteiger partial charge >= 0.3 is 0 Å². The van der Waals surface area contributed by atoms with E-state index in [0.717, 1.165) is 32.1 Å². The quantitative estimate of drug-likeness (QED) is 0.497. The van der Waals surface area contributed by atoms with Crippen molar-refractivity contribution in [1.82, 2.24) is 5.32 Å². The Morgan fingerprint density at radius 2 is 1.47 bits per heavy atom. The van der Waals surface area contributed by atoms with Crippen molar-refractivity contribution in [3.8, 4) is 0 Å². The van der Waals surface area contributed by atoms with E-state index in [0.29, 0.717) is 0 Å². The SMILES string of the molecule is Cc1ccc2c(c1)CC13CC4C(=O)NC(C)(C)C4CC14Cc1cc(C)ccc1N4C1(C)OC(CC1(C)C)N23. The lowest BCUT2D eigenvalue weighted by Gasteiger charge is -2.64. The van der Waals surface area contributed by atoms with Gasteiger partial charge in [-0.3, -0.25) is 4.79 Å². The minimum absolute atomic E-state index is 0.00986. The molecular formula is C33H41N3O2. The molecule has 2 aromatic carbocycles. The zero-order chi connectivity index (χ0) is 26.6. The number of aryl methyl sites for hydroxylation is 2. The second kappa shape index (κ2) is 6.60. The lowest BCUT2D eigenvalue weighted by molar-refractivity contribution is -0.125. The van der Waals surface area contributed by atoms with Crippen LogP contribution in [0.2, 0.25) is 0 Å². The smallest absolute Gasteiger partial charge is 0.223 e. The van der Waals surface area contributed by atoms with Crippen molar-refractivity contribution in [3.63, 3.8) is 0 Å². The molecular weight excluding hydrogens is 470 g/mol. The molecule has 1 saturated carbocycles. The molecule has 5 nitrogen and oxygen atoms in total. The molecule has 200 valence electrons. The number of hydrogen-bond donors (Lipinski definition) is 1. The molecule has 2 bridgehead atoms. The summed E-state index contributed by atoms with van der Waals surface area (Å²) in [5.41, 5.74) is 7.04. The summed E-state index contributed by atoms with van der Waals surface area (Å²) in [7, 11) is 0. The normalized spacial score (nSPS) is 40.5. The number of ether oxygens (including phenoxy) is 1. The standard InChI is InChI=1S/C33H41N3O2/c1-19-8-10-25-21(12-19)14-32-16-23-24(30(5,6)34-28(23)37)17-33(32)15-22-13-20(2)9-11-26(22)36(33)31(7)29(3,4)18-27(38-31)35(25)32/h8-13,23-24,27H,14-18H2,1-7H3,(H,34,37). The van der Waals surface area contributed by atoms with Crippen LogP contribution in [0.5, 0.6) is 0 Å². The van der Waals surface area contributed by atoms with E-state index < -0.39 is 5.72 Å². The van der Waals surface area contributed by atoms with Crippen LogP contribution in [0.4, 0.5) is 11.4 Å². The largest absolute Gasteiger partial charge is 0.351 e. The van der Waals surface area contributed by atoms with Gasteiger partial charge in [0.1, 0.15) is 12.0 Å². The Morgan fingerprint density at radius 1 is 0.842 bits per heavy atom. The third-order valence-corrected chi connectivity index (χ3v) is 12.0. The van der Waals surface area contributed by atoms with Gasteiger partial charge in [-0.25, -0.2) is 0 Å². The highest BCUT2D eigenvalue weighted by Crippen LogP contribution is 2.70. The van der Waals surface area contributed by atoms with Crippen LogP contribution in [0, 0.1) is 31.1 Å². The maximum absolute atomic E-state index is 13.6. The van der Waals surface area contributed by atoms with E-state index in [4.69, 9.17) is 4.74 Å². The van der Waals surface area contributed by atoms with Crippen LogP contribution >= 0.6 is 0 Å². The molecule has 1 amide bonds. The van der Waals surface area contributed by atoms with E-state index >= 15 is 0 Å². The summed E-state index contributed by atoms with van der Waals surface area (Å²) in [4.78, 5) is 19.1. The molecule has 5 heterocycles. The number of anilines is 2. The maximum atomic E-state index is 13.6. The Hall–Kier alpha value is -2.53. The molecule has 0 radical (unpaired) electrons.